The topological polar surface area (TPSA) is 26.3 Å². The molecule has 74 valence electrons. The highest BCUT2D eigenvalue weighted by Crippen LogP contribution is 2.45. The molecule has 0 spiro atoms. The van der Waals surface area contributed by atoms with E-state index in [2.05, 4.69) is 6.92 Å². The average molecular weight is 182 g/mol. The van der Waals surface area contributed by atoms with Gasteiger partial charge in [-0.05, 0) is 30.6 Å². The molecule has 0 aromatic carbocycles. The van der Waals surface area contributed by atoms with Gasteiger partial charge in [-0.2, -0.15) is 0 Å². The zero-order valence-corrected chi connectivity index (χ0v) is 8.34. The molecule has 0 amide bonds. The molecule has 1 aliphatic heterocycles. The first-order chi connectivity index (χ1) is 6.21. The van der Waals surface area contributed by atoms with Gasteiger partial charge >= 0.3 is 0 Å². The number of ether oxygens (including phenoxy) is 1. The fourth-order valence-corrected chi connectivity index (χ4v) is 2.69. The van der Waals surface area contributed by atoms with Crippen molar-refractivity contribution in [1.29, 1.82) is 0 Å². The Morgan fingerprint density at radius 3 is 2.92 bits per heavy atom. The zero-order chi connectivity index (χ0) is 9.31. The highest BCUT2D eigenvalue weighted by molar-refractivity contribution is 5.81. The molecule has 2 rings (SSSR count). The standard InChI is InChI=1S/C11H18O2/c1-11(5-4-10(12)7-11)9-3-2-6-13-8-9/h9H,2-8H2,1H3. The quantitative estimate of drug-likeness (QED) is 0.621. The van der Waals surface area contributed by atoms with Crippen molar-refractivity contribution in [3.8, 4) is 0 Å². The van der Waals surface area contributed by atoms with Gasteiger partial charge in [0, 0.05) is 26.1 Å². The van der Waals surface area contributed by atoms with Gasteiger partial charge < -0.3 is 4.74 Å². The predicted molar refractivity (Wildman–Crippen MR) is 50.5 cm³/mol. The first kappa shape index (κ1) is 9.20. The van der Waals surface area contributed by atoms with Crippen LogP contribution in [0.2, 0.25) is 0 Å². The summed E-state index contributed by atoms with van der Waals surface area (Å²) >= 11 is 0. The van der Waals surface area contributed by atoms with Crippen LogP contribution in [0.25, 0.3) is 0 Å². The molecule has 1 saturated carbocycles. The number of ketones is 1. The van der Waals surface area contributed by atoms with Crippen molar-refractivity contribution < 1.29 is 9.53 Å². The summed E-state index contributed by atoms with van der Waals surface area (Å²) in [6, 6.07) is 0. The zero-order valence-electron chi connectivity index (χ0n) is 8.34. The molecule has 0 aromatic heterocycles. The van der Waals surface area contributed by atoms with Gasteiger partial charge in [-0.15, -0.1) is 0 Å². The molecular weight excluding hydrogens is 164 g/mol. The molecule has 0 N–H and O–H groups in total. The summed E-state index contributed by atoms with van der Waals surface area (Å²) in [5.74, 6) is 1.08. The van der Waals surface area contributed by atoms with Crippen LogP contribution < -0.4 is 0 Å². The molecule has 2 unspecified atom stereocenters. The number of carbonyl (C=O) groups excluding carboxylic acids is 1. The minimum Gasteiger partial charge on any atom is -0.381 e. The normalized spacial score (nSPS) is 41.0. The first-order valence-electron chi connectivity index (χ1n) is 5.30. The van der Waals surface area contributed by atoms with Crippen LogP contribution in [0.1, 0.15) is 39.0 Å². The van der Waals surface area contributed by atoms with Gasteiger partial charge in [-0.1, -0.05) is 6.92 Å². The third kappa shape index (κ3) is 1.78. The Morgan fingerprint density at radius 2 is 2.38 bits per heavy atom. The Labute approximate surface area is 79.7 Å². The van der Waals surface area contributed by atoms with Crippen molar-refractivity contribution in [3.63, 3.8) is 0 Å². The fourth-order valence-electron chi connectivity index (χ4n) is 2.69. The van der Waals surface area contributed by atoms with E-state index in [1.54, 1.807) is 0 Å². The van der Waals surface area contributed by atoms with E-state index in [-0.39, 0.29) is 5.41 Å². The van der Waals surface area contributed by atoms with Crippen molar-refractivity contribution in [3.05, 3.63) is 0 Å². The second-order valence-corrected chi connectivity index (χ2v) is 4.78. The van der Waals surface area contributed by atoms with E-state index in [1.807, 2.05) is 0 Å². The lowest BCUT2D eigenvalue weighted by Gasteiger charge is -2.35. The second-order valence-electron chi connectivity index (χ2n) is 4.78. The molecular formula is C11H18O2. The Morgan fingerprint density at radius 1 is 1.54 bits per heavy atom. The monoisotopic (exact) mass is 182 g/mol. The Hall–Kier alpha value is -0.370. The largest absolute Gasteiger partial charge is 0.381 e. The van der Waals surface area contributed by atoms with Gasteiger partial charge in [-0.25, -0.2) is 0 Å². The summed E-state index contributed by atoms with van der Waals surface area (Å²) in [6.45, 7) is 4.06. The van der Waals surface area contributed by atoms with Gasteiger partial charge in [0.15, 0.2) is 0 Å². The van der Waals surface area contributed by atoms with Gasteiger partial charge in [0.1, 0.15) is 5.78 Å². The highest BCUT2D eigenvalue weighted by Gasteiger charge is 2.41. The van der Waals surface area contributed by atoms with Crippen molar-refractivity contribution in [2.75, 3.05) is 13.2 Å². The number of rotatable bonds is 1. The van der Waals surface area contributed by atoms with E-state index in [4.69, 9.17) is 4.74 Å². The molecule has 0 radical (unpaired) electrons. The van der Waals surface area contributed by atoms with Crippen LogP contribution in [0.15, 0.2) is 0 Å². The summed E-state index contributed by atoms with van der Waals surface area (Å²) in [5.41, 5.74) is 0.261. The molecule has 1 saturated heterocycles. The Bertz CT molecular complexity index is 206. The van der Waals surface area contributed by atoms with E-state index >= 15 is 0 Å². The predicted octanol–water partition coefficient (Wildman–Crippen LogP) is 2.17. The van der Waals surface area contributed by atoms with E-state index in [1.165, 1.54) is 12.8 Å². The summed E-state index contributed by atoms with van der Waals surface area (Å²) in [6.07, 6.45) is 5.10. The third-order valence-corrected chi connectivity index (χ3v) is 3.72. The minimum atomic E-state index is 0.261. The first-order valence-corrected chi connectivity index (χ1v) is 5.30. The SMILES string of the molecule is CC1(C2CCCOC2)CCC(=O)C1. The van der Waals surface area contributed by atoms with E-state index in [0.717, 1.165) is 32.5 Å². The molecule has 13 heavy (non-hydrogen) atoms. The van der Waals surface area contributed by atoms with Gasteiger partial charge in [0.25, 0.3) is 0 Å². The van der Waals surface area contributed by atoms with Gasteiger partial charge in [0.05, 0.1) is 0 Å². The maximum absolute atomic E-state index is 11.3. The molecule has 2 heteroatoms. The van der Waals surface area contributed by atoms with E-state index < -0.39 is 0 Å². The van der Waals surface area contributed by atoms with E-state index in [9.17, 15) is 4.79 Å². The third-order valence-electron chi connectivity index (χ3n) is 3.72. The van der Waals surface area contributed by atoms with Crippen LogP contribution in [-0.2, 0) is 9.53 Å². The molecule has 1 heterocycles. The van der Waals surface area contributed by atoms with Crippen molar-refractivity contribution in [2.45, 2.75) is 39.0 Å². The summed E-state index contributed by atoms with van der Waals surface area (Å²) in [4.78, 5) is 11.3. The Balaban J connectivity index is 2.01. The van der Waals surface area contributed by atoms with Crippen LogP contribution >= 0.6 is 0 Å². The van der Waals surface area contributed by atoms with Gasteiger partial charge in [-0.3, -0.25) is 4.79 Å². The van der Waals surface area contributed by atoms with Crippen molar-refractivity contribution >= 4 is 5.78 Å². The lowest BCUT2D eigenvalue weighted by Crippen LogP contribution is -2.32. The second kappa shape index (κ2) is 3.41. The van der Waals surface area contributed by atoms with Crippen LogP contribution in [0.3, 0.4) is 0 Å². The lowest BCUT2D eigenvalue weighted by molar-refractivity contribution is -0.118. The number of hydrogen-bond acceptors (Lipinski definition) is 2. The average Bonchev–Trinajstić information content (AvgIpc) is 2.49. The summed E-state index contributed by atoms with van der Waals surface area (Å²) in [7, 11) is 0. The van der Waals surface area contributed by atoms with Gasteiger partial charge in [0.2, 0.25) is 0 Å². The maximum atomic E-state index is 11.3. The molecule has 2 aliphatic rings. The molecule has 2 fully saturated rings. The highest BCUT2D eigenvalue weighted by atomic mass is 16.5. The summed E-state index contributed by atoms with van der Waals surface area (Å²) < 4.78 is 5.48. The fraction of sp³-hybridized carbons (Fsp3) is 0.909. The van der Waals surface area contributed by atoms with Crippen LogP contribution in [-0.4, -0.2) is 19.0 Å². The molecule has 0 aromatic rings. The molecule has 0 bridgehead atoms. The number of Topliss-reactive ketones (excluding diaryl/α,β-unsaturated/α-hetero) is 1. The molecule has 1 aliphatic carbocycles. The van der Waals surface area contributed by atoms with Crippen LogP contribution in [0.5, 0.6) is 0 Å². The van der Waals surface area contributed by atoms with Crippen LogP contribution in [0.4, 0.5) is 0 Å². The lowest BCUT2D eigenvalue weighted by atomic mass is 9.73. The van der Waals surface area contributed by atoms with Crippen molar-refractivity contribution in [1.82, 2.24) is 0 Å². The molecule has 2 atom stereocenters. The minimum absolute atomic E-state index is 0.261. The summed E-state index contributed by atoms with van der Waals surface area (Å²) in [5, 5.41) is 0. The van der Waals surface area contributed by atoms with Crippen molar-refractivity contribution in [2.24, 2.45) is 11.3 Å². The molecule has 2 nitrogen and oxygen atoms in total. The van der Waals surface area contributed by atoms with Crippen LogP contribution in [0, 0.1) is 11.3 Å². The van der Waals surface area contributed by atoms with E-state index in [0.29, 0.717) is 11.7 Å². The maximum Gasteiger partial charge on any atom is 0.133 e. The smallest absolute Gasteiger partial charge is 0.133 e. The Kier molecular flexibility index (Phi) is 2.41. The number of hydrogen-bond donors (Lipinski definition) is 0. The number of carbonyl (C=O) groups is 1.